The number of fused-ring (bicyclic) bond motifs is 1. The fourth-order valence-corrected chi connectivity index (χ4v) is 1.88. The van der Waals surface area contributed by atoms with E-state index in [1.165, 1.54) is 7.11 Å². The van der Waals surface area contributed by atoms with E-state index < -0.39 is 0 Å². The van der Waals surface area contributed by atoms with E-state index in [0.29, 0.717) is 0 Å². The van der Waals surface area contributed by atoms with Gasteiger partial charge in [-0.05, 0) is 11.5 Å². The van der Waals surface area contributed by atoms with Crippen LogP contribution in [-0.4, -0.2) is 25.7 Å². The second kappa shape index (κ2) is 6.56. The lowest BCUT2D eigenvalue weighted by atomic mass is 10.1. The Hall–Kier alpha value is -2.56. The molecule has 2 aromatic carbocycles. The maximum absolute atomic E-state index is 11.8. The van der Waals surface area contributed by atoms with E-state index in [-0.39, 0.29) is 25.0 Å². The molecule has 0 aliphatic carbocycles. The number of rotatable bonds is 4. The van der Waals surface area contributed by atoms with Gasteiger partial charge in [-0.15, -0.1) is 0 Å². The number of amides is 2. The molecule has 2 N–H and O–H groups in total. The van der Waals surface area contributed by atoms with Crippen LogP contribution in [0.15, 0.2) is 42.5 Å². The van der Waals surface area contributed by atoms with Crippen molar-refractivity contribution in [1.82, 2.24) is 5.32 Å². The topological polar surface area (TPSA) is 67.4 Å². The van der Waals surface area contributed by atoms with Gasteiger partial charge in [0.15, 0.2) is 0 Å². The minimum Gasteiger partial charge on any atom is -0.469 e. The van der Waals surface area contributed by atoms with Crippen LogP contribution in [-0.2, 0) is 9.53 Å². The maximum Gasteiger partial charge on any atom is 0.319 e. The molecule has 2 amide bonds. The van der Waals surface area contributed by atoms with Gasteiger partial charge in [-0.2, -0.15) is 0 Å². The number of nitrogens with one attached hydrogen (secondary N) is 2. The van der Waals surface area contributed by atoms with Crippen LogP contribution in [0.25, 0.3) is 10.8 Å². The Bertz CT molecular complexity index is 620. The molecular formula is C15H16N2O3. The van der Waals surface area contributed by atoms with E-state index in [1.807, 2.05) is 42.5 Å². The summed E-state index contributed by atoms with van der Waals surface area (Å²) >= 11 is 0. The molecule has 0 saturated carbocycles. The van der Waals surface area contributed by atoms with E-state index in [4.69, 9.17) is 0 Å². The van der Waals surface area contributed by atoms with Gasteiger partial charge in [0.1, 0.15) is 0 Å². The lowest BCUT2D eigenvalue weighted by molar-refractivity contribution is -0.140. The molecule has 20 heavy (non-hydrogen) atoms. The van der Waals surface area contributed by atoms with Crippen LogP contribution in [0.5, 0.6) is 0 Å². The predicted octanol–water partition coefficient (Wildman–Crippen LogP) is 2.52. The summed E-state index contributed by atoms with van der Waals surface area (Å²) in [6, 6.07) is 13.1. The smallest absolute Gasteiger partial charge is 0.319 e. The summed E-state index contributed by atoms with van der Waals surface area (Å²) in [5.74, 6) is -0.351. The van der Waals surface area contributed by atoms with E-state index in [9.17, 15) is 9.59 Å². The molecule has 0 unspecified atom stereocenters. The number of ether oxygens (including phenoxy) is 1. The highest BCUT2D eigenvalue weighted by atomic mass is 16.5. The fourth-order valence-electron chi connectivity index (χ4n) is 1.88. The fraction of sp³-hybridized carbons (Fsp3) is 0.200. The molecule has 0 aliphatic rings. The standard InChI is InChI=1S/C15H16N2O3/c1-20-14(18)9-10-16-15(19)17-13-8-4-6-11-5-2-3-7-12(11)13/h2-8H,9-10H2,1H3,(H2,16,17,19). The number of urea groups is 1. The Morgan fingerprint density at radius 2 is 1.85 bits per heavy atom. The molecule has 2 rings (SSSR count). The average Bonchev–Trinajstić information content (AvgIpc) is 2.47. The van der Waals surface area contributed by atoms with Gasteiger partial charge in [-0.25, -0.2) is 4.79 Å². The molecule has 0 atom stereocenters. The molecule has 0 spiro atoms. The van der Waals surface area contributed by atoms with Crippen LogP contribution < -0.4 is 10.6 Å². The largest absolute Gasteiger partial charge is 0.469 e. The number of carbonyl (C=O) groups is 2. The third-order valence-corrected chi connectivity index (χ3v) is 2.88. The minimum atomic E-state index is -0.351. The number of anilines is 1. The number of esters is 1. The van der Waals surface area contributed by atoms with Crippen LogP contribution in [0, 0.1) is 0 Å². The highest BCUT2D eigenvalue weighted by molar-refractivity contribution is 6.01. The second-order valence-electron chi connectivity index (χ2n) is 4.23. The molecule has 0 saturated heterocycles. The van der Waals surface area contributed by atoms with E-state index in [1.54, 1.807) is 0 Å². The predicted molar refractivity (Wildman–Crippen MR) is 77.6 cm³/mol. The maximum atomic E-state index is 11.8. The normalized spacial score (nSPS) is 10.1. The SMILES string of the molecule is COC(=O)CCNC(=O)Nc1cccc2ccccc12. The van der Waals surface area contributed by atoms with Gasteiger partial charge in [0.05, 0.1) is 19.2 Å². The van der Waals surface area contributed by atoms with Crippen molar-refractivity contribution in [2.45, 2.75) is 6.42 Å². The molecule has 0 aromatic heterocycles. The van der Waals surface area contributed by atoms with Crippen molar-refractivity contribution in [2.24, 2.45) is 0 Å². The first kappa shape index (κ1) is 13.9. The second-order valence-corrected chi connectivity index (χ2v) is 4.23. The van der Waals surface area contributed by atoms with Gasteiger partial charge in [0, 0.05) is 11.9 Å². The lowest BCUT2D eigenvalue weighted by Crippen LogP contribution is -2.30. The van der Waals surface area contributed by atoms with Crippen molar-refractivity contribution in [2.75, 3.05) is 19.0 Å². The molecule has 0 heterocycles. The zero-order valence-electron chi connectivity index (χ0n) is 11.2. The van der Waals surface area contributed by atoms with Gasteiger partial charge in [0.2, 0.25) is 0 Å². The summed E-state index contributed by atoms with van der Waals surface area (Å²) in [5.41, 5.74) is 0.735. The van der Waals surface area contributed by atoms with E-state index >= 15 is 0 Å². The third-order valence-electron chi connectivity index (χ3n) is 2.88. The molecule has 5 heteroatoms. The number of carbonyl (C=O) groups excluding carboxylic acids is 2. The molecule has 2 aromatic rings. The molecule has 5 nitrogen and oxygen atoms in total. The van der Waals surface area contributed by atoms with E-state index in [2.05, 4.69) is 15.4 Å². The summed E-state index contributed by atoms with van der Waals surface area (Å²) in [6.07, 6.45) is 0.152. The zero-order valence-corrected chi connectivity index (χ0v) is 11.2. The number of benzene rings is 2. The highest BCUT2D eigenvalue weighted by Crippen LogP contribution is 2.22. The van der Waals surface area contributed by atoms with Crippen molar-refractivity contribution >= 4 is 28.5 Å². The van der Waals surface area contributed by atoms with Crippen LogP contribution >= 0.6 is 0 Å². The molecule has 0 fully saturated rings. The highest BCUT2D eigenvalue weighted by Gasteiger charge is 2.06. The van der Waals surface area contributed by atoms with Gasteiger partial charge in [-0.1, -0.05) is 36.4 Å². The van der Waals surface area contributed by atoms with Gasteiger partial charge in [0.25, 0.3) is 0 Å². The number of methoxy groups -OCH3 is 1. The Morgan fingerprint density at radius 1 is 1.10 bits per heavy atom. The third kappa shape index (κ3) is 3.47. The van der Waals surface area contributed by atoms with Gasteiger partial charge < -0.3 is 15.4 Å². The van der Waals surface area contributed by atoms with Crippen LogP contribution in [0.3, 0.4) is 0 Å². The Labute approximate surface area is 116 Å². The molecule has 0 radical (unpaired) electrons. The quantitative estimate of drug-likeness (QED) is 0.840. The number of hydrogen-bond acceptors (Lipinski definition) is 3. The van der Waals surface area contributed by atoms with Crippen molar-refractivity contribution in [3.8, 4) is 0 Å². The molecule has 0 bridgehead atoms. The minimum absolute atomic E-state index is 0.152. The summed E-state index contributed by atoms with van der Waals surface area (Å²) in [4.78, 5) is 22.7. The average molecular weight is 272 g/mol. The zero-order chi connectivity index (χ0) is 14.4. The van der Waals surface area contributed by atoms with Crippen molar-refractivity contribution in [1.29, 1.82) is 0 Å². The van der Waals surface area contributed by atoms with E-state index in [0.717, 1.165) is 16.5 Å². The lowest BCUT2D eigenvalue weighted by Gasteiger charge is -2.09. The molecule has 0 aliphatic heterocycles. The molecule has 104 valence electrons. The first-order valence-electron chi connectivity index (χ1n) is 6.30. The van der Waals surface area contributed by atoms with Crippen molar-refractivity contribution in [3.05, 3.63) is 42.5 Å². The Morgan fingerprint density at radius 3 is 2.65 bits per heavy atom. The summed E-state index contributed by atoms with van der Waals surface area (Å²) in [6.45, 7) is 0.239. The Kier molecular flexibility index (Phi) is 4.55. The number of hydrogen-bond donors (Lipinski definition) is 2. The summed E-state index contributed by atoms with van der Waals surface area (Å²) in [5, 5.41) is 7.41. The van der Waals surface area contributed by atoms with Crippen LogP contribution in [0.4, 0.5) is 10.5 Å². The summed E-state index contributed by atoms with van der Waals surface area (Å²) < 4.78 is 4.50. The monoisotopic (exact) mass is 272 g/mol. The van der Waals surface area contributed by atoms with Crippen molar-refractivity contribution in [3.63, 3.8) is 0 Å². The van der Waals surface area contributed by atoms with Crippen molar-refractivity contribution < 1.29 is 14.3 Å². The molecular weight excluding hydrogens is 256 g/mol. The first-order valence-corrected chi connectivity index (χ1v) is 6.30. The first-order chi connectivity index (χ1) is 9.70. The van der Waals surface area contributed by atoms with Crippen LogP contribution in [0.2, 0.25) is 0 Å². The van der Waals surface area contributed by atoms with Crippen LogP contribution in [0.1, 0.15) is 6.42 Å². The summed E-state index contributed by atoms with van der Waals surface area (Å²) in [7, 11) is 1.32. The Balaban J connectivity index is 1.98. The van der Waals surface area contributed by atoms with Gasteiger partial charge in [-0.3, -0.25) is 4.79 Å². The van der Waals surface area contributed by atoms with Gasteiger partial charge >= 0.3 is 12.0 Å².